The van der Waals surface area contributed by atoms with E-state index in [1.165, 1.54) is 0 Å². The summed E-state index contributed by atoms with van der Waals surface area (Å²) in [6.07, 6.45) is 2.57. The Hall–Kier alpha value is -2.57. The van der Waals surface area contributed by atoms with Crippen molar-refractivity contribution in [2.75, 3.05) is 27.2 Å². The molecule has 0 saturated carbocycles. The molecule has 1 saturated heterocycles. The molecule has 25 heavy (non-hydrogen) atoms. The van der Waals surface area contributed by atoms with Gasteiger partial charge in [-0.25, -0.2) is 0 Å². The molecule has 1 aromatic rings. The first-order valence-corrected chi connectivity index (χ1v) is 8.58. The van der Waals surface area contributed by atoms with Crippen molar-refractivity contribution in [3.05, 3.63) is 35.4 Å². The fourth-order valence-corrected chi connectivity index (χ4v) is 3.01. The van der Waals surface area contributed by atoms with Crippen LogP contribution < -0.4 is 16.4 Å². The number of carbonyl (C=O) groups is 2. The highest BCUT2D eigenvalue weighted by molar-refractivity contribution is 5.92. The van der Waals surface area contributed by atoms with Crippen LogP contribution in [0, 0.1) is 5.92 Å². The Morgan fingerprint density at radius 1 is 1.24 bits per heavy atom. The molecule has 1 aliphatic rings. The number of nitrogens with zero attached hydrogens (tertiary/aromatic N) is 2. The number of primary amides is 1. The van der Waals surface area contributed by atoms with Gasteiger partial charge in [-0.15, -0.1) is 0 Å². The highest BCUT2D eigenvalue weighted by Gasteiger charge is 2.22. The lowest BCUT2D eigenvalue weighted by atomic mass is 9.93. The van der Waals surface area contributed by atoms with Crippen molar-refractivity contribution in [1.82, 2.24) is 15.5 Å². The maximum atomic E-state index is 11.5. The van der Waals surface area contributed by atoms with Crippen molar-refractivity contribution in [1.29, 1.82) is 0 Å². The van der Waals surface area contributed by atoms with Gasteiger partial charge in [0.25, 0.3) is 0 Å². The van der Waals surface area contributed by atoms with Crippen LogP contribution in [0.5, 0.6) is 0 Å². The maximum Gasteiger partial charge on any atom is 0.248 e. The highest BCUT2D eigenvalue weighted by Crippen LogP contribution is 2.20. The number of aliphatic imine (C=N–C) groups is 1. The molecule has 7 nitrogen and oxygen atoms in total. The molecule has 0 radical (unpaired) electrons. The largest absolute Gasteiger partial charge is 0.366 e. The van der Waals surface area contributed by atoms with Crippen LogP contribution >= 0.6 is 0 Å². The van der Waals surface area contributed by atoms with Gasteiger partial charge in [0.2, 0.25) is 11.8 Å². The Labute approximate surface area is 148 Å². The molecule has 1 aliphatic heterocycles. The molecule has 0 unspecified atom stereocenters. The Bertz CT molecular complexity index is 619. The van der Waals surface area contributed by atoms with Crippen LogP contribution in [-0.4, -0.2) is 49.9 Å². The Morgan fingerprint density at radius 2 is 1.88 bits per heavy atom. The summed E-state index contributed by atoms with van der Waals surface area (Å²) in [6.45, 7) is 2.41. The minimum atomic E-state index is -0.421. The van der Waals surface area contributed by atoms with Crippen molar-refractivity contribution in [3.8, 4) is 0 Å². The van der Waals surface area contributed by atoms with E-state index in [9.17, 15) is 9.59 Å². The Morgan fingerprint density at radius 3 is 2.40 bits per heavy atom. The van der Waals surface area contributed by atoms with Gasteiger partial charge < -0.3 is 21.3 Å². The van der Waals surface area contributed by atoms with Gasteiger partial charge in [-0.1, -0.05) is 12.1 Å². The van der Waals surface area contributed by atoms with E-state index in [-0.39, 0.29) is 5.91 Å². The number of carbonyl (C=O) groups excluding carboxylic acids is 2. The number of benzene rings is 1. The molecule has 0 aromatic heterocycles. The van der Waals surface area contributed by atoms with E-state index in [4.69, 9.17) is 5.73 Å². The number of hydrogen-bond donors (Lipinski definition) is 3. The highest BCUT2D eigenvalue weighted by atomic mass is 16.1. The van der Waals surface area contributed by atoms with Gasteiger partial charge in [-0.2, -0.15) is 0 Å². The second kappa shape index (κ2) is 9.05. The smallest absolute Gasteiger partial charge is 0.248 e. The zero-order valence-electron chi connectivity index (χ0n) is 14.9. The van der Waals surface area contributed by atoms with Crippen molar-refractivity contribution < 1.29 is 9.59 Å². The SMILES string of the molecule is CN=C(NCc1ccc(C(N)=O)cc1)N1CCC(CC(=O)NC)CC1. The Kier molecular flexibility index (Phi) is 6.80. The number of piperidine rings is 1. The second-order valence-corrected chi connectivity index (χ2v) is 6.27. The van der Waals surface area contributed by atoms with Crippen LogP contribution in [0.25, 0.3) is 0 Å². The molecule has 0 aliphatic carbocycles. The summed E-state index contributed by atoms with van der Waals surface area (Å²) in [5.74, 6) is 0.989. The lowest BCUT2D eigenvalue weighted by molar-refractivity contribution is -0.121. The third-order valence-corrected chi connectivity index (χ3v) is 4.57. The molecule has 0 spiro atoms. The van der Waals surface area contributed by atoms with E-state index in [1.807, 2.05) is 12.1 Å². The summed E-state index contributed by atoms with van der Waals surface area (Å²) in [7, 11) is 3.45. The van der Waals surface area contributed by atoms with Crippen LogP contribution in [-0.2, 0) is 11.3 Å². The second-order valence-electron chi connectivity index (χ2n) is 6.27. The average Bonchev–Trinajstić information content (AvgIpc) is 2.63. The van der Waals surface area contributed by atoms with Gasteiger partial charge in [0.05, 0.1) is 0 Å². The first-order chi connectivity index (χ1) is 12.0. The predicted molar refractivity (Wildman–Crippen MR) is 98.1 cm³/mol. The van der Waals surface area contributed by atoms with E-state index < -0.39 is 5.91 Å². The summed E-state index contributed by atoms with van der Waals surface area (Å²) >= 11 is 0. The molecule has 4 N–H and O–H groups in total. The number of nitrogens with one attached hydrogen (secondary N) is 2. The van der Waals surface area contributed by atoms with Crippen LogP contribution in [0.2, 0.25) is 0 Å². The quantitative estimate of drug-likeness (QED) is 0.540. The molecule has 1 aromatic carbocycles. The molecule has 136 valence electrons. The van der Waals surface area contributed by atoms with Gasteiger partial charge in [0.1, 0.15) is 0 Å². The van der Waals surface area contributed by atoms with Crippen LogP contribution in [0.3, 0.4) is 0 Å². The number of nitrogens with two attached hydrogens (primary N) is 1. The minimum absolute atomic E-state index is 0.111. The summed E-state index contributed by atoms with van der Waals surface area (Å²) in [5, 5.41) is 6.04. The fourth-order valence-electron chi connectivity index (χ4n) is 3.01. The summed E-state index contributed by atoms with van der Waals surface area (Å²) < 4.78 is 0. The third kappa shape index (κ3) is 5.48. The molecule has 7 heteroatoms. The van der Waals surface area contributed by atoms with Gasteiger partial charge in [-0.3, -0.25) is 14.6 Å². The molecule has 0 bridgehead atoms. The predicted octanol–water partition coefficient (Wildman–Crippen LogP) is 0.709. The first kappa shape index (κ1) is 18.8. The summed E-state index contributed by atoms with van der Waals surface area (Å²) in [6, 6.07) is 7.23. The first-order valence-electron chi connectivity index (χ1n) is 8.58. The number of amides is 2. The third-order valence-electron chi connectivity index (χ3n) is 4.57. The monoisotopic (exact) mass is 345 g/mol. The van der Waals surface area contributed by atoms with Crippen LogP contribution in [0.4, 0.5) is 0 Å². The summed E-state index contributed by atoms with van der Waals surface area (Å²) in [4.78, 5) is 29.2. The van der Waals surface area contributed by atoms with E-state index in [1.54, 1.807) is 26.2 Å². The van der Waals surface area contributed by atoms with E-state index >= 15 is 0 Å². The zero-order valence-corrected chi connectivity index (χ0v) is 14.9. The van der Waals surface area contributed by atoms with E-state index in [0.29, 0.717) is 24.4 Å². The van der Waals surface area contributed by atoms with Gasteiger partial charge in [-0.05, 0) is 36.5 Å². The van der Waals surface area contributed by atoms with Crippen molar-refractivity contribution in [2.24, 2.45) is 16.6 Å². The number of guanidine groups is 1. The standard InChI is InChI=1S/C18H27N5O2/c1-20-16(24)11-13-7-9-23(10-8-13)18(21-2)22-12-14-3-5-15(6-4-14)17(19)25/h3-6,13H,7-12H2,1-2H3,(H2,19,25)(H,20,24)(H,21,22). The average molecular weight is 345 g/mol. The number of rotatable bonds is 5. The van der Waals surface area contributed by atoms with Crippen LogP contribution in [0.15, 0.2) is 29.3 Å². The maximum absolute atomic E-state index is 11.5. The van der Waals surface area contributed by atoms with Gasteiger partial charge in [0, 0.05) is 45.7 Å². The molecule has 0 atom stereocenters. The van der Waals surface area contributed by atoms with E-state index in [2.05, 4.69) is 20.5 Å². The fraction of sp³-hybridized carbons (Fsp3) is 0.500. The van der Waals surface area contributed by atoms with Gasteiger partial charge in [0.15, 0.2) is 5.96 Å². The van der Waals surface area contributed by atoms with Crippen molar-refractivity contribution in [2.45, 2.75) is 25.8 Å². The molecule has 1 heterocycles. The molecular formula is C18H27N5O2. The normalized spacial score (nSPS) is 15.8. The molecule has 2 amide bonds. The lowest BCUT2D eigenvalue weighted by Gasteiger charge is -2.34. The zero-order chi connectivity index (χ0) is 18.2. The van der Waals surface area contributed by atoms with Crippen molar-refractivity contribution in [3.63, 3.8) is 0 Å². The minimum Gasteiger partial charge on any atom is -0.366 e. The van der Waals surface area contributed by atoms with Crippen molar-refractivity contribution >= 4 is 17.8 Å². The number of likely N-dealkylation sites (tertiary alicyclic amines) is 1. The van der Waals surface area contributed by atoms with Crippen LogP contribution in [0.1, 0.15) is 35.2 Å². The van der Waals surface area contributed by atoms with E-state index in [0.717, 1.165) is 37.5 Å². The Balaban J connectivity index is 1.83. The lowest BCUT2D eigenvalue weighted by Crippen LogP contribution is -2.45. The number of hydrogen-bond acceptors (Lipinski definition) is 3. The molecular weight excluding hydrogens is 318 g/mol. The molecule has 2 rings (SSSR count). The summed E-state index contributed by atoms with van der Waals surface area (Å²) in [5.41, 5.74) is 6.81. The van der Waals surface area contributed by atoms with Gasteiger partial charge >= 0.3 is 0 Å². The molecule has 1 fully saturated rings. The topological polar surface area (TPSA) is 99.8 Å².